The maximum absolute atomic E-state index is 12.0. The molecule has 2 N–H and O–H groups in total. The SMILES string of the molecule is COCCCNC(=O)CN1CCc2ccccc2C1CO. The zero-order valence-corrected chi connectivity index (χ0v) is 12.5. The highest BCUT2D eigenvalue weighted by atomic mass is 16.5. The normalized spacial score (nSPS) is 18.3. The summed E-state index contributed by atoms with van der Waals surface area (Å²) in [5, 5.41) is 12.6. The predicted molar refractivity (Wildman–Crippen MR) is 81.0 cm³/mol. The molecule has 0 aromatic heterocycles. The Bertz CT molecular complexity index is 465. The van der Waals surface area contributed by atoms with E-state index in [1.54, 1.807) is 7.11 Å². The van der Waals surface area contributed by atoms with E-state index in [1.165, 1.54) is 5.56 Å². The van der Waals surface area contributed by atoms with Gasteiger partial charge in [-0.2, -0.15) is 0 Å². The minimum Gasteiger partial charge on any atom is -0.394 e. The quantitative estimate of drug-likeness (QED) is 0.727. The van der Waals surface area contributed by atoms with Crippen molar-refractivity contribution in [2.75, 3.05) is 40.0 Å². The van der Waals surface area contributed by atoms with E-state index in [-0.39, 0.29) is 18.6 Å². The Hall–Kier alpha value is -1.43. The molecule has 5 heteroatoms. The number of carbonyl (C=O) groups is 1. The molecule has 1 atom stereocenters. The van der Waals surface area contributed by atoms with Crippen LogP contribution in [0.2, 0.25) is 0 Å². The van der Waals surface area contributed by atoms with E-state index in [2.05, 4.69) is 11.4 Å². The second-order valence-corrected chi connectivity index (χ2v) is 5.31. The van der Waals surface area contributed by atoms with Gasteiger partial charge in [-0.05, 0) is 24.0 Å². The molecular formula is C16H24N2O3. The van der Waals surface area contributed by atoms with Crippen LogP contribution in [0.4, 0.5) is 0 Å². The summed E-state index contributed by atoms with van der Waals surface area (Å²) in [6.45, 7) is 2.44. The number of carbonyl (C=O) groups excluding carboxylic acids is 1. The number of fused-ring (bicyclic) bond motifs is 1. The van der Waals surface area contributed by atoms with Crippen LogP contribution in [0.15, 0.2) is 24.3 Å². The van der Waals surface area contributed by atoms with Crippen molar-refractivity contribution >= 4 is 5.91 Å². The minimum absolute atomic E-state index is 0.00364. The van der Waals surface area contributed by atoms with Crippen molar-refractivity contribution in [2.45, 2.75) is 18.9 Å². The summed E-state index contributed by atoms with van der Waals surface area (Å²) < 4.78 is 4.95. The van der Waals surface area contributed by atoms with Crippen molar-refractivity contribution in [2.24, 2.45) is 0 Å². The molecule has 0 spiro atoms. The number of methoxy groups -OCH3 is 1. The third-order valence-corrected chi connectivity index (χ3v) is 3.89. The largest absolute Gasteiger partial charge is 0.394 e. The first kappa shape index (κ1) is 15.9. The summed E-state index contributed by atoms with van der Waals surface area (Å²) in [5.74, 6) is 0.00364. The van der Waals surface area contributed by atoms with Crippen molar-refractivity contribution < 1.29 is 14.6 Å². The number of rotatable bonds is 7. The Morgan fingerprint density at radius 2 is 2.29 bits per heavy atom. The molecule has 0 aliphatic carbocycles. The lowest BCUT2D eigenvalue weighted by molar-refractivity contribution is -0.123. The van der Waals surface area contributed by atoms with E-state index in [0.29, 0.717) is 19.7 Å². The topological polar surface area (TPSA) is 61.8 Å². The zero-order chi connectivity index (χ0) is 15.1. The van der Waals surface area contributed by atoms with Crippen LogP contribution >= 0.6 is 0 Å². The molecule has 116 valence electrons. The summed E-state index contributed by atoms with van der Waals surface area (Å²) in [7, 11) is 1.65. The molecule has 0 radical (unpaired) electrons. The number of nitrogens with zero attached hydrogens (tertiary/aromatic N) is 1. The minimum atomic E-state index is -0.0836. The fraction of sp³-hybridized carbons (Fsp3) is 0.562. The lowest BCUT2D eigenvalue weighted by Gasteiger charge is -2.35. The number of aliphatic hydroxyl groups excluding tert-OH is 1. The number of nitrogens with one attached hydrogen (secondary N) is 1. The summed E-state index contributed by atoms with van der Waals surface area (Å²) >= 11 is 0. The van der Waals surface area contributed by atoms with Gasteiger partial charge in [-0.15, -0.1) is 0 Å². The molecule has 1 unspecified atom stereocenters. The lowest BCUT2D eigenvalue weighted by atomic mass is 9.93. The standard InChI is InChI=1S/C16H24N2O3/c1-21-10-4-8-17-16(20)11-18-9-7-13-5-2-3-6-14(13)15(18)12-19/h2-3,5-6,15,19H,4,7-12H2,1H3,(H,17,20). The molecule has 1 aliphatic heterocycles. The number of amides is 1. The van der Waals surface area contributed by atoms with Crippen LogP contribution in [0.5, 0.6) is 0 Å². The Balaban J connectivity index is 1.90. The van der Waals surface area contributed by atoms with E-state index in [1.807, 2.05) is 23.1 Å². The Labute approximate surface area is 125 Å². The highest BCUT2D eigenvalue weighted by molar-refractivity contribution is 5.78. The number of aliphatic hydroxyl groups is 1. The van der Waals surface area contributed by atoms with E-state index < -0.39 is 0 Å². The van der Waals surface area contributed by atoms with Gasteiger partial charge in [0.15, 0.2) is 0 Å². The molecule has 21 heavy (non-hydrogen) atoms. The molecular weight excluding hydrogens is 268 g/mol. The molecule has 1 heterocycles. The fourth-order valence-corrected chi connectivity index (χ4v) is 2.79. The summed E-state index contributed by atoms with van der Waals surface area (Å²) in [5.41, 5.74) is 2.41. The van der Waals surface area contributed by atoms with Crippen LogP contribution in [0, 0.1) is 0 Å². The molecule has 1 aliphatic rings. The summed E-state index contributed by atoms with van der Waals surface area (Å²) in [6.07, 6.45) is 1.73. The third kappa shape index (κ3) is 4.27. The molecule has 1 amide bonds. The predicted octanol–water partition coefficient (Wildman–Crippen LogP) is 0.731. The van der Waals surface area contributed by atoms with Gasteiger partial charge in [-0.1, -0.05) is 24.3 Å². The molecule has 2 rings (SSSR count). The molecule has 1 aromatic carbocycles. The van der Waals surface area contributed by atoms with E-state index in [4.69, 9.17) is 4.74 Å². The van der Waals surface area contributed by atoms with Crippen LogP contribution in [-0.4, -0.2) is 55.9 Å². The lowest BCUT2D eigenvalue weighted by Crippen LogP contribution is -2.44. The van der Waals surface area contributed by atoms with Crippen molar-refractivity contribution in [3.05, 3.63) is 35.4 Å². The summed E-state index contributed by atoms with van der Waals surface area (Å²) in [4.78, 5) is 14.0. The number of benzene rings is 1. The summed E-state index contributed by atoms with van der Waals surface area (Å²) in [6, 6.07) is 8.06. The van der Waals surface area contributed by atoms with Crippen molar-refractivity contribution in [1.82, 2.24) is 10.2 Å². The molecule has 5 nitrogen and oxygen atoms in total. The monoisotopic (exact) mass is 292 g/mol. The zero-order valence-electron chi connectivity index (χ0n) is 12.5. The highest BCUT2D eigenvalue weighted by Gasteiger charge is 2.27. The molecule has 0 fully saturated rings. The average molecular weight is 292 g/mol. The van der Waals surface area contributed by atoms with Crippen molar-refractivity contribution in [1.29, 1.82) is 0 Å². The van der Waals surface area contributed by atoms with Gasteiger partial charge in [-0.3, -0.25) is 9.69 Å². The van der Waals surface area contributed by atoms with Crippen LogP contribution in [-0.2, 0) is 16.0 Å². The first-order valence-electron chi connectivity index (χ1n) is 7.44. The molecule has 0 bridgehead atoms. The maximum Gasteiger partial charge on any atom is 0.234 e. The van der Waals surface area contributed by atoms with E-state index >= 15 is 0 Å². The molecule has 0 saturated heterocycles. The Morgan fingerprint density at radius 1 is 1.48 bits per heavy atom. The Morgan fingerprint density at radius 3 is 3.05 bits per heavy atom. The van der Waals surface area contributed by atoms with Gasteiger partial charge >= 0.3 is 0 Å². The second-order valence-electron chi connectivity index (χ2n) is 5.31. The molecule has 0 saturated carbocycles. The Kier molecular flexibility index (Phi) is 6.17. The first-order chi connectivity index (χ1) is 10.3. The smallest absolute Gasteiger partial charge is 0.234 e. The highest BCUT2D eigenvalue weighted by Crippen LogP contribution is 2.28. The van der Waals surface area contributed by atoms with Crippen LogP contribution in [0.25, 0.3) is 0 Å². The van der Waals surface area contributed by atoms with Crippen LogP contribution in [0.1, 0.15) is 23.6 Å². The maximum atomic E-state index is 12.0. The van der Waals surface area contributed by atoms with E-state index in [0.717, 1.165) is 24.9 Å². The van der Waals surface area contributed by atoms with Gasteiger partial charge in [0, 0.05) is 26.8 Å². The van der Waals surface area contributed by atoms with Crippen molar-refractivity contribution in [3.63, 3.8) is 0 Å². The third-order valence-electron chi connectivity index (χ3n) is 3.89. The van der Waals surface area contributed by atoms with E-state index in [9.17, 15) is 9.90 Å². The number of hydrogen-bond acceptors (Lipinski definition) is 4. The van der Waals surface area contributed by atoms with Gasteiger partial charge in [-0.25, -0.2) is 0 Å². The second kappa shape index (κ2) is 8.12. The fourth-order valence-electron chi connectivity index (χ4n) is 2.79. The van der Waals surface area contributed by atoms with Gasteiger partial charge in [0.2, 0.25) is 5.91 Å². The van der Waals surface area contributed by atoms with Crippen molar-refractivity contribution in [3.8, 4) is 0 Å². The van der Waals surface area contributed by atoms with Gasteiger partial charge < -0.3 is 15.2 Å². The number of ether oxygens (including phenoxy) is 1. The first-order valence-corrected chi connectivity index (χ1v) is 7.44. The number of hydrogen-bond donors (Lipinski definition) is 2. The molecule has 1 aromatic rings. The van der Waals surface area contributed by atoms with Crippen LogP contribution in [0.3, 0.4) is 0 Å². The average Bonchev–Trinajstić information content (AvgIpc) is 2.51. The van der Waals surface area contributed by atoms with Gasteiger partial charge in [0.25, 0.3) is 0 Å². The van der Waals surface area contributed by atoms with Gasteiger partial charge in [0.1, 0.15) is 0 Å². The van der Waals surface area contributed by atoms with Crippen LogP contribution < -0.4 is 5.32 Å². The van der Waals surface area contributed by atoms with Gasteiger partial charge in [0.05, 0.1) is 19.2 Å².